The molecule has 2 heterocycles. The Hall–Kier alpha value is -0.850. The van der Waals surface area contributed by atoms with Crippen molar-refractivity contribution in [2.45, 2.75) is 24.9 Å². The Labute approximate surface area is 78.8 Å². The van der Waals surface area contributed by atoms with Crippen LogP contribution in [0.2, 0.25) is 0 Å². The summed E-state index contributed by atoms with van der Waals surface area (Å²) in [5.74, 6) is 0. The summed E-state index contributed by atoms with van der Waals surface area (Å²) in [4.78, 5) is 5.73. The fourth-order valence-corrected chi connectivity index (χ4v) is 2.16. The van der Waals surface area contributed by atoms with Gasteiger partial charge in [0.25, 0.3) is 0 Å². The molecular weight excluding hydrogens is 164 g/mol. The molecule has 0 N–H and O–H groups in total. The number of fused-ring (bicyclic) bond motifs is 2. The predicted molar refractivity (Wildman–Crippen MR) is 50.1 cm³/mol. The van der Waals surface area contributed by atoms with E-state index in [-0.39, 0.29) is 0 Å². The predicted octanol–water partition coefficient (Wildman–Crippen LogP) is 1.28. The van der Waals surface area contributed by atoms with Gasteiger partial charge in [0.2, 0.25) is 0 Å². The van der Waals surface area contributed by atoms with Crippen molar-refractivity contribution in [2.75, 3.05) is 20.3 Å². The fraction of sp³-hybridized carbons (Fsp3) is 0.700. The minimum atomic E-state index is 0.500. The van der Waals surface area contributed by atoms with Crippen molar-refractivity contribution < 1.29 is 4.74 Å². The Morgan fingerprint density at radius 1 is 1.46 bits per heavy atom. The van der Waals surface area contributed by atoms with Gasteiger partial charge >= 0.3 is 0 Å². The summed E-state index contributed by atoms with van der Waals surface area (Å²) in [6.45, 7) is 8.44. The van der Waals surface area contributed by atoms with Crippen molar-refractivity contribution in [3.63, 3.8) is 0 Å². The maximum absolute atomic E-state index is 6.80. The second-order valence-electron chi connectivity index (χ2n) is 3.84. The van der Waals surface area contributed by atoms with E-state index in [1.807, 2.05) is 0 Å². The number of piperidine rings is 1. The van der Waals surface area contributed by atoms with E-state index in [2.05, 4.69) is 16.8 Å². The molecule has 2 fully saturated rings. The minimum Gasteiger partial charge on any atom is -0.378 e. The van der Waals surface area contributed by atoms with E-state index in [0.29, 0.717) is 12.1 Å². The third-order valence-corrected chi connectivity index (χ3v) is 3.02. The summed E-state index contributed by atoms with van der Waals surface area (Å²) in [6.07, 6.45) is 3.71. The van der Waals surface area contributed by atoms with Crippen molar-refractivity contribution in [2.24, 2.45) is 0 Å². The second-order valence-corrected chi connectivity index (χ2v) is 3.84. The lowest BCUT2D eigenvalue weighted by atomic mass is 9.91. The Morgan fingerprint density at radius 2 is 2.08 bits per heavy atom. The van der Waals surface area contributed by atoms with Crippen LogP contribution in [0.1, 0.15) is 12.8 Å². The molecule has 3 nitrogen and oxygen atoms in total. The van der Waals surface area contributed by atoms with Crippen LogP contribution in [-0.2, 0) is 4.74 Å². The van der Waals surface area contributed by atoms with Gasteiger partial charge in [-0.1, -0.05) is 5.57 Å². The van der Waals surface area contributed by atoms with Gasteiger partial charge in [0, 0.05) is 12.1 Å². The van der Waals surface area contributed by atoms with E-state index in [1.165, 1.54) is 5.57 Å². The molecule has 0 aromatic heterocycles. The maximum Gasteiger partial charge on any atom is 0.153 e. The zero-order valence-corrected chi connectivity index (χ0v) is 7.86. The number of morpholine rings is 1. The zero-order chi connectivity index (χ0) is 9.26. The van der Waals surface area contributed by atoms with E-state index in [4.69, 9.17) is 11.3 Å². The summed E-state index contributed by atoms with van der Waals surface area (Å²) in [7, 11) is 2.16. The monoisotopic (exact) mass is 178 g/mol. The Balaban J connectivity index is 2.13. The molecule has 0 unspecified atom stereocenters. The van der Waals surface area contributed by atoms with Crippen molar-refractivity contribution in [3.8, 4) is 0 Å². The first-order valence-electron chi connectivity index (χ1n) is 4.65. The molecule has 0 spiro atoms. The van der Waals surface area contributed by atoms with E-state index in [9.17, 15) is 0 Å². The molecule has 0 saturated carbocycles. The average molecular weight is 178 g/mol. The number of hydrogen-bond acceptors (Lipinski definition) is 2. The van der Waals surface area contributed by atoms with Gasteiger partial charge in [-0.15, -0.1) is 0 Å². The molecule has 2 aliphatic rings. The summed E-state index contributed by atoms with van der Waals surface area (Å²) in [5.41, 5.74) is 1.30. The summed E-state index contributed by atoms with van der Waals surface area (Å²) >= 11 is 0. The largest absolute Gasteiger partial charge is 0.378 e. The number of ether oxygens (including phenoxy) is 1. The molecule has 2 rings (SSSR count). The highest BCUT2D eigenvalue weighted by Crippen LogP contribution is 2.29. The summed E-state index contributed by atoms with van der Waals surface area (Å²) in [5, 5.41) is 0. The maximum atomic E-state index is 6.80. The van der Waals surface area contributed by atoms with Crippen LogP contribution in [0.25, 0.3) is 4.85 Å². The molecule has 2 bridgehead atoms. The van der Waals surface area contributed by atoms with Gasteiger partial charge in [-0.3, -0.25) is 4.90 Å². The number of hydrogen-bond donors (Lipinski definition) is 0. The van der Waals surface area contributed by atoms with Crippen LogP contribution in [0.15, 0.2) is 11.8 Å². The van der Waals surface area contributed by atoms with Crippen LogP contribution < -0.4 is 0 Å². The highest BCUT2D eigenvalue weighted by molar-refractivity contribution is 5.14. The smallest absolute Gasteiger partial charge is 0.153 e. The van der Waals surface area contributed by atoms with E-state index < -0.39 is 0 Å². The van der Waals surface area contributed by atoms with Crippen LogP contribution in [-0.4, -0.2) is 37.2 Å². The average Bonchev–Trinajstić information content (AvgIpc) is 2.07. The van der Waals surface area contributed by atoms with Crippen LogP contribution >= 0.6 is 0 Å². The lowest BCUT2D eigenvalue weighted by Gasteiger charge is -2.44. The third-order valence-electron chi connectivity index (χ3n) is 3.02. The van der Waals surface area contributed by atoms with Gasteiger partial charge in [-0.2, -0.15) is 0 Å². The molecule has 0 aromatic rings. The topological polar surface area (TPSA) is 16.8 Å². The quantitative estimate of drug-likeness (QED) is 0.520. The summed E-state index contributed by atoms with van der Waals surface area (Å²) < 4.78 is 5.49. The molecule has 0 aromatic carbocycles. The number of likely N-dealkylation sites (N-methyl/N-ethyl adjacent to an activating group) is 1. The Morgan fingerprint density at radius 3 is 2.62 bits per heavy atom. The van der Waals surface area contributed by atoms with Crippen LogP contribution in [0.3, 0.4) is 0 Å². The lowest BCUT2D eigenvalue weighted by molar-refractivity contribution is -0.0475. The first kappa shape index (κ1) is 8.74. The van der Waals surface area contributed by atoms with Crippen molar-refractivity contribution in [1.82, 2.24) is 4.90 Å². The number of rotatable bonds is 0. The molecule has 70 valence electrons. The highest BCUT2D eigenvalue weighted by atomic mass is 16.5. The zero-order valence-electron chi connectivity index (χ0n) is 7.86. The first-order valence-corrected chi connectivity index (χ1v) is 4.65. The van der Waals surface area contributed by atoms with Crippen LogP contribution in [0.5, 0.6) is 0 Å². The van der Waals surface area contributed by atoms with E-state index in [0.717, 1.165) is 26.1 Å². The van der Waals surface area contributed by atoms with Crippen LogP contribution in [0, 0.1) is 6.57 Å². The molecule has 0 aliphatic carbocycles. The standard InChI is InChI=1S/C10H14N2O/c1-11-5-8-3-9-6-13-7-10(4-8)12(9)2/h5,9-10H,3-4,6-7H2,2H3/t9-,10+. The molecule has 3 heteroatoms. The molecule has 2 atom stereocenters. The van der Waals surface area contributed by atoms with Gasteiger partial charge in [-0.25, -0.2) is 4.85 Å². The molecule has 0 amide bonds. The SMILES string of the molecule is [C-]#[N+]C=C1C[C@H]2COC[C@@H](C1)N2C. The van der Waals surface area contributed by atoms with Gasteiger partial charge in [0.05, 0.1) is 19.8 Å². The first-order chi connectivity index (χ1) is 6.31. The van der Waals surface area contributed by atoms with Gasteiger partial charge in [0.1, 0.15) is 0 Å². The lowest BCUT2D eigenvalue weighted by Crippen LogP contribution is -2.53. The van der Waals surface area contributed by atoms with Crippen LogP contribution in [0.4, 0.5) is 0 Å². The Kier molecular flexibility index (Phi) is 2.34. The molecular formula is C10H14N2O. The van der Waals surface area contributed by atoms with Gasteiger partial charge in [-0.05, 0) is 19.9 Å². The van der Waals surface area contributed by atoms with E-state index >= 15 is 0 Å². The van der Waals surface area contributed by atoms with Crippen molar-refractivity contribution in [1.29, 1.82) is 0 Å². The van der Waals surface area contributed by atoms with Crippen molar-refractivity contribution >= 4 is 0 Å². The second kappa shape index (κ2) is 3.49. The molecule has 0 radical (unpaired) electrons. The summed E-state index contributed by atoms with van der Waals surface area (Å²) in [6, 6.07) is 1.00. The normalized spacial score (nSPS) is 37.4. The molecule has 13 heavy (non-hydrogen) atoms. The molecule has 2 saturated heterocycles. The molecule has 2 aliphatic heterocycles. The van der Waals surface area contributed by atoms with Crippen molar-refractivity contribution in [3.05, 3.63) is 23.2 Å². The third kappa shape index (κ3) is 1.60. The van der Waals surface area contributed by atoms with Gasteiger partial charge in [0.15, 0.2) is 6.20 Å². The highest BCUT2D eigenvalue weighted by Gasteiger charge is 2.33. The minimum absolute atomic E-state index is 0.500. The number of nitrogens with zero attached hydrogens (tertiary/aromatic N) is 2. The van der Waals surface area contributed by atoms with E-state index in [1.54, 1.807) is 6.20 Å². The fourth-order valence-electron chi connectivity index (χ4n) is 2.16. The Bertz CT molecular complexity index is 251. The van der Waals surface area contributed by atoms with Gasteiger partial charge < -0.3 is 4.74 Å².